The van der Waals surface area contributed by atoms with Gasteiger partial charge in [0.25, 0.3) is 0 Å². The van der Waals surface area contributed by atoms with E-state index in [0.29, 0.717) is 13.1 Å². The second kappa shape index (κ2) is 8.28. The molecule has 0 aliphatic rings. The maximum atomic E-state index is 4.28. The van der Waals surface area contributed by atoms with Crippen molar-refractivity contribution in [1.29, 1.82) is 0 Å². The largest absolute Gasteiger partial charge is 0.352 e. The van der Waals surface area contributed by atoms with Gasteiger partial charge in [0.05, 0.1) is 13.1 Å². The van der Waals surface area contributed by atoms with E-state index >= 15 is 0 Å². The van der Waals surface area contributed by atoms with Gasteiger partial charge in [-0.05, 0) is 24.1 Å². The van der Waals surface area contributed by atoms with E-state index in [9.17, 15) is 0 Å². The summed E-state index contributed by atoms with van der Waals surface area (Å²) >= 11 is 0. The monoisotopic (exact) mass is 352 g/mol. The molecule has 0 saturated carbocycles. The molecule has 0 aliphatic heterocycles. The lowest BCUT2D eigenvalue weighted by molar-refractivity contribution is 0.676. The first-order valence-corrected chi connectivity index (χ1v) is 8.51. The quantitative estimate of drug-likeness (QED) is 0.515. The minimum absolute atomic E-state index is 0.561. The predicted molar refractivity (Wildman–Crippen MR) is 101 cm³/mol. The molecule has 2 N–H and O–H groups in total. The number of rotatable bonds is 6. The number of benzene rings is 1. The van der Waals surface area contributed by atoms with E-state index in [1.165, 1.54) is 11.1 Å². The maximum absolute atomic E-state index is 4.28. The van der Waals surface area contributed by atoms with Crippen molar-refractivity contribution in [2.45, 2.75) is 26.6 Å². The van der Waals surface area contributed by atoms with Crippen LogP contribution in [0.1, 0.15) is 22.8 Å². The molecule has 0 atom stereocenters. The Bertz CT molecular complexity index is 863. The van der Waals surface area contributed by atoms with Gasteiger partial charge in [0.1, 0.15) is 5.82 Å². The van der Waals surface area contributed by atoms with Crippen LogP contribution in [0, 0.1) is 6.92 Å². The van der Waals surface area contributed by atoms with Gasteiger partial charge in [-0.15, -0.1) is 10.2 Å². The van der Waals surface area contributed by atoms with Gasteiger partial charge in [-0.3, -0.25) is 9.67 Å². The molecule has 0 unspecified atom stereocenters. The summed E-state index contributed by atoms with van der Waals surface area (Å²) in [4.78, 5) is 4.28. The number of guanidine groups is 1. The van der Waals surface area contributed by atoms with Gasteiger partial charge in [0, 0.05) is 33.0 Å². The van der Waals surface area contributed by atoms with Gasteiger partial charge >= 0.3 is 0 Å². The summed E-state index contributed by atoms with van der Waals surface area (Å²) in [5.74, 6) is 2.47. The van der Waals surface area contributed by atoms with Crippen LogP contribution in [0.5, 0.6) is 0 Å². The SMILES string of the molecule is CN=C(NCc1ccccc1Cn1cccn1)NCc1nnc(C)n1C. The van der Waals surface area contributed by atoms with Gasteiger partial charge < -0.3 is 15.2 Å². The minimum Gasteiger partial charge on any atom is -0.352 e. The Balaban J connectivity index is 1.59. The van der Waals surface area contributed by atoms with E-state index < -0.39 is 0 Å². The Labute approximate surface area is 153 Å². The summed E-state index contributed by atoms with van der Waals surface area (Å²) in [6, 6.07) is 10.3. The molecular weight excluding hydrogens is 328 g/mol. The van der Waals surface area contributed by atoms with Crippen LogP contribution in [0.4, 0.5) is 0 Å². The zero-order valence-electron chi connectivity index (χ0n) is 15.3. The zero-order chi connectivity index (χ0) is 18.4. The smallest absolute Gasteiger partial charge is 0.191 e. The van der Waals surface area contributed by atoms with Gasteiger partial charge in [-0.2, -0.15) is 5.10 Å². The van der Waals surface area contributed by atoms with Crippen molar-refractivity contribution in [2.24, 2.45) is 12.0 Å². The zero-order valence-corrected chi connectivity index (χ0v) is 15.3. The number of aliphatic imine (C=N–C) groups is 1. The van der Waals surface area contributed by atoms with Crippen molar-refractivity contribution < 1.29 is 0 Å². The fourth-order valence-corrected chi connectivity index (χ4v) is 2.62. The standard InChI is InChI=1S/C18H24N8/c1-14-23-24-17(25(14)3)12-21-18(19-2)20-11-15-7-4-5-8-16(15)13-26-10-6-9-22-26/h4-10H,11-13H2,1-3H3,(H2,19,20,21). The molecule has 0 fully saturated rings. The molecule has 136 valence electrons. The first-order valence-electron chi connectivity index (χ1n) is 8.51. The molecule has 0 amide bonds. The lowest BCUT2D eigenvalue weighted by Gasteiger charge is -2.14. The predicted octanol–water partition coefficient (Wildman–Crippen LogP) is 1.23. The fraction of sp³-hybridized carbons (Fsp3) is 0.333. The molecule has 0 bridgehead atoms. The Morgan fingerprint density at radius 2 is 1.85 bits per heavy atom. The average Bonchev–Trinajstić information content (AvgIpc) is 3.28. The average molecular weight is 352 g/mol. The lowest BCUT2D eigenvalue weighted by Crippen LogP contribution is -2.37. The molecule has 8 nitrogen and oxygen atoms in total. The van der Waals surface area contributed by atoms with E-state index in [4.69, 9.17) is 0 Å². The highest BCUT2D eigenvalue weighted by molar-refractivity contribution is 5.79. The van der Waals surface area contributed by atoms with E-state index in [1.54, 1.807) is 13.2 Å². The van der Waals surface area contributed by atoms with Crippen molar-refractivity contribution in [3.05, 3.63) is 65.5 Å². The van der Waals surface area contributed by atoms with Crippen molar-refractivity contribution in [3.63, 3.8) is 0 Å². The molecule has 0 saturated heterocycles. The number of nitrogens with one attached hydrogen (secondary N) is 2. The van der Waals surface area contributed by atoms with E-state index in [2.05, 4.69) is 43.1 Å². The molecule has 26 heavy (non-hydrogen) atoms. The summed E-state index contributed by atoms with van der Waals surface area (Å²) < 4.78 is 3.88. The van der Waals surface area contributed by atoms with Crippen molar-refractivity contribution in [3.8, 4) is 0 Å². The van der Waals surface area contributed by atoms with Gasteiger partial charge in [0.15, 0.2) is 11.8 Å². The Morgan fingerprint density at radius 3 is 2.50 bits per heavy atom. The maximum Gasteiger partial charge on any atom is 0.191 e. The number of nitrogens with zero attached hydrogens (tertiary/aromatic N) is 6. The molecule has 0 spiro atoms. The topological polar surface area (TPSA) is 84.9 Å². The highest BCUT2D eigenvalue weighted by Gasteiger charge is 2.07. The van der Waals surface area contributed by atoms with Crippen molar-refractivity contribution in [1.82, 2.24) is 35.2 Å². The van der Waals surface area contributed by atoms with Crippen LogP contribution in [-0.4, -0.2) is 37.6 Å². The van der Waals surface area contributed by atoms with Crippen LogP contribution >= 0.6 is 0 Å². The number of hydrogen-bond donors (Lipinski definition) is 2. The molecule has 2 aromatic heterocycles. The van der Waals surface area contributed by atoms with Gasteiger partial charge in [-0.25, -0.2) is 0 Å². The van der Waals surface area contributed by atoms with Crippen LogP contribution in [0.15, 0.2) is 47.7 Å². The number of aromatic nitrogens is 5. The second-order valence-corrected chi connectivity index (χ2v) is 5.97. The first kappa shape index (κ1) is 17.7. The van der Waals surface area contributed by atoms with Crippen LogP contribution in [-0.2, 0) is 26.7 Å². The third-order valence-corrected chi connectivity index (χ3v) is 4.28. The van der Waals surface area contributed by atoms with Crippen LogP contribution in [0.3, 0.4) is 0 Å². The molecule has 8 heteroatoms. The van der Waals surface area contributed by atoms with Crippen LogP contribution < -0.4 is 10.6 Å². The summed E-state index contributed by atoms with van der Waals surface area (Å²) in [6.45, 7) is 3.91. The van der Waals surface area contributed by atoms with Gasteiger partial charge in [0.2, 0.25) is 0 Å². The summed E-state index contributed by atoms with van der Waals surface area (Å²) in [6.07, 6.45) is 3.76. The molecule has 3 aromatic rings. The first-order chi connectivity index (χ1) is 12.7. The normalized spacial score (nSPS) is 11.6. The summed E-state index contributed by atoms with van der Waals surface area (Å²) in [5, 5.41) is 19.1. The van der Waals surface area contributed by atoms with Crippen molar-refractivity contribution >= 4 is 5.96 Å². The summed E-state index contributed by atoms with van der Waals surface area (Å²) in [7, 11) is 3.71. The second-order valence-electron chi connectivity index (χ2n) is 5.97. The summed E-state index contributed by atoms with van der Waals surface area (Å²) in [5.41, 5.74) is 2.43. The van der Waals surface area contributed by atoms with E-state index in [0.717, 1.165) is 24.2 Å². The molecule has 2 heterocycles. The Hall–Kier alpha value is -3.16. The minimum atomic E-state index is 0.561. The fourth-order valence-electron chi connectivity index (χ4n) is 2.62. The lowest BCUT2D eigenvalue weighted by atomic mass is 10.1. The molecule has 3 rings (SSSR count). The number of aryl methyl sites for hydroxylation is 1. The van der Waals surface area contributed by atoms with Crippen molar-refractivity contribution in [2.75, 3.05) is 7.05 Å². The molecule has 1 aromatic carbocycles. The highest BCUT2D eigenvalue weighted by Crippen LogP contribution is 2.10. The number of hydrogen-bond acceptors (Lipinski definition) is 4. The molecule has 0 radical (unpaired) electrons. The third kappa shape index (κ3) is 4.27. The van der Waals surface area contributed by atoms with Crippen LogP contribution in [0.25, 0.3) is 0 Å². The van der Waals surface area contributed by atoms with E-state index in [1.807, 2.05) is 47.6 Å². The van der Waals surface area contributed by atoms with Crippen LogP contribution in [0.2, 0.25) is 0 Å². The molecule has 0 aliphatic carbocycles. The Morgan fingerprint density at radius 1 is 1.08 bits per heavy atom. The molecular formula is C18H24N8. The van der Waals surface area contributed by atoms with E-state index in [-0.39, 0.29) is 0 Å². The highest BCUT2D eigenvalue weighted by atomic mass is 15.3. The Kier molecular flexibility index (Phi) is 5.62. The van der Waals surface area contributed by atoms with Gasteiger partial charge in [-0.1, -0.05) is 24.3 Å². The third-order valence-electron chi connectivity index (χ3n) is 4.28.